The fourth-order valence-corrected chi connectivity index (χ4v) is 1.59. The number of hydrogen-bond acceptors (Lipinski definition) is 4. The molecule has 0 aliphatic heterocycles. The third-order valence-electron chi connectivity index (χ3n) is 2.61. The van der Waals surface area contributed by atoms with Gasteiger partial charge in [-0.25, -0.2) is 0 Å². The lowest BCUT2D eigenvalue weighted by molar-refractivity contribution is 0.0973. The van der Waals surface area contributed by atoms with E-state index < -0.39 is 0 Å². The minimum absolute atomic E-state index is 0.607. The SMILES string of the molecule is COCCNCCCCOCCOc1ccccc1. The quantitative estimate of drug-likeness (QED) is 0.589. The molecule has 0 fully saturated rings. The Bertz CT molecular complexity index is 293. The predicted molar refractivity (Wildman–Crippen MR) is 76.7 cm³/mol. The molecule has 108 valence electrons. The average molecular weight is 267 g/mol. The minimum atomic E-state index is 0.607. The third-order valence-corrected chi connectivity index (χ3v) is 2.61. The van der Waals surface area contributed by atoms with Crippen molar-refractivity contribution in [1.82, 2.24) is 5.32 Å². The van der Waals surface area contributed by atoms with Crippen molar-refractivity contribution in [1.29, 1.82) is 0 Å². The van der Waals surface area contributed by atoms with Crippen LogP contribution in [0.4, 0.5) is 0 Å². The van der Waals surface area contributed by atoms with Crippen molar-refractivity contribution in [3.63, 3.8) is 0 Å². The van der Waals surface area contributed by atoms with Gasteiger partial charge in [-0.05, 0) is 31.5 Å². The zero-order chi connectivity index (χ0) is 13.6. The van der Waals surface area contributed by atoms with Gasteiger partial charge in [0.2, 0.25) is 0 Å². The number of rotatable bonds is 12. The molecule has 0 amide bonds. The highest BCUT2D eigenvalue weighted by atomic mass is 16.5. The van der Waals surface area contributed by atoms with Crippen LogP contribution < -0.4 is 10.1 Å². The molecule has 0 aliphatic carbocycles. The molecular formula is C15H25NO3. The highest BCUT2D eigenvalue weighted by Crippen LogP contribution is 2.07. The molecular weight excluding hydrogens is 242 g/mol. The van der Waals surface area contributed by atoms with Crippen LogP contribution in [0, 0.1) is 0 Å². The van der Waals surface area contributed by atoms with Crippen LogP contribution in [0.25, 0.3) is 0 Å². The first-order valence-electron chi connectivity index (χ1n) is 6.88. The van der Waals surface area contributed by atoms with E-state index in [1.54, 1.807) is 7.11 Å². The highest BCUT2D eigenvalue weighted by Gasteiger charge is 1.93. The van der Waals surface area contributed by atoms with Gasteiger partial charge in [0.25, 0.3) is 0 Å². The maximum Gasteiger partial charge on any atom is 0.119 e. The summed E-state index contributed by atoms with van der Waals surface area (Å²) < 4.78 is 16.0. The Morgan fingerprint density at radius 1 is 0.895 bits per heavy atom. The molecule has 1 N–H and O–H groups in total. The van der Waals surface area contributed by atoms with Gasteiger partial charge in [0.1, 0.15) is 12.4 Å². The summed E-state index contributed by atoms with van der Waals surface area (Å²) in [5.41, 5.74) is 0. The number of hydrogen-bond donors (Lipinski definition) is 1. The summed E-state index contributed by atoms with van der Waals surface area (Å²) in [6.45, 7) is 4.76. The minimum Gasteiger partial charge on any atom is -0.491 e. The van der Waals surface area contributed by atoms with Gasteiger partial charge in [-0.15, -0.1) is 0 Å². The van der Waals surface area contributed by atoms with Crippen molar-refractivity contribution >= 4 is 0 Å². The molecule has 0 saturated heterocycles. The lowest BCUT2D eigenvalue weighted by Gasteiger charge is -2.07. The van der Waals surface area contributed by atoms with E-state index in [2.05, 4.69) is 5.32 Å². The molecule has 0 aromatic heterocycles. The van der Waals surface area contributed by atoms with Gasteiger partial charge in [-0.3, -0.25) is 0 Å². The summed E-state index contributed by atoms with van der Waals surface area (Å²) in [5, 5.41) is 3.30. The first-order valence-corrected chi connectivity index (χ1v) is 6.88. The van der Waals surface area contributed by atoms with Crippen molar-refractivity contribution in [2.24, 2.45) is 0 Å². The van der Waals surface area contributed by atoms with E-state index in [1.165, 1.54) is 0 Å². The topological polar surface area (TPSA) is 39.7 Å². The lowest BCUT2D eigenvalue weighted by Crippen LogP contribution is -2.20. The summed E-state index contributed by atoms with van der Waals surface area (Å²) in [7, 11) is 1.72. The van der Waals surface area contributed by atoms with Crippen LogP contribution in [0.1, 0.15) is 12.8 Å². The molecule has 19 heavy (non-hydrogen) atoms. The van der Waals surface area contributed by atoms with Crippen LogP contribution in [0.3, 0.4) is 0 Å². The number of unbranched alkanes of at least 4 members (excludes halogenated alkanes) is 1. The fourth-order valence-electron chi connectivity index (χ4n) is 1.59. The fraction of sp³-hybridized carbons (Fsp3) is 0.600. The molecule has 0 unspecified atom stereocenters. The molecule has 0 bridgehead atoms. The average Bonchev–Trinajstić information content (AvgIpc) is 2.46. The van der Waals surface area contributed by atoms with Gasteiger partial charge in [0.15, 0.2) is 0 Å². The van der Waals surface area contributed by atoms with Gasteiger partial charge >= 0.3 is 0 Å². The van der Waals surface area contributed by atoms with Gasteiger partial charge in [-0.1, -0.05) is 18.2 Å². The monoisotopic (exact) mass is 267 g/mol. The van der Waals surface area contributed by atoms with Crippen molar-refractivity contribution in [3.8, 4) is 5.75 Å². The number of nitrogens with one attached hydrogen (secondary N) is 1. The van der Waals surface area contributed by atoms with Crippen molar-refractivity contribution in [3.05, 3.63) is 30.3 Å². The molecule has 0 saturated carbocycles. The zero-order valence-electron chi connectivity index (χ0n) is 11.8. The van der Waals surface area contributed by atoms with Crippen LogP contribution in [0.5, 0.6) is 5.75 Å². The van der Waals surface area contributed by atoms with E-state index in [0.717, 1.165) is 44.9 Å². The maximum atomic E-state index is 5.53. The van der Waals surface area contributed by atoms with Gasteiger partial charge in [-0.2, -0.15) is 0 Å². The Morgan fingerprint density at radius 2 is 1.74 bits per heavy atom. The van der Waals surface area contributed by atoms with E-state index >= 15 is 0 Å². The molecule has 0 aliphatic rings. The Labute approximate surface area is 116 Å². The largest absolute Gasteiger partial charge is 0.491 e. The zero-order valence-corrected chi connectivity index (χ0v) is 11.8. The third kappa shape index (κ3) is 9.47. The molecule has 0 heterocycles. The maximum absolute atomic E-state index is 5.53. The molecule has 0 spiro atoms. The van der Waals surface area contributed by atoms with E-state index in [-0.39, 0.29) is 0 Å². The first-order chi connectivity index (χ1) is 9.43. The number of methoxy groups -OCH3 is 1. The van der Waals surface area contributed by atoms with Crippen molar-refractivity contribution < 1.29 is 14.2 Å². The van der Waals surface area contributed by atoms with Crippen LogP contribution >= 0.6 is 0 Å². The smallest absolute Gasteiger partial charge is 0.119 e. The predicted octanol–water partition coefficient (Wildman–Crippen LogP) is 2.10. The second-order valence-electron chi connectivity index (χ2n) is 4.22. The Kier molecular flexibility index (Phi) is 10.0. The summed E-state index contributed by atoms with van der Waals surface area (Å²) in [6.07, 6.45) is 2.20. The van der Waals surface area contributed by atoms with Gasteiger partial charge < -0.3 is 19.5 Å². The molecule has 1 aromatic carbocycles. The first kappa shape index (κ1) is 16.0. The van der Waals surface area contributed by atoms with Crippen LogP contribution in [-0.2, 0) is 9.47 Å². The van der Waals surface area contributed by atoms with E-state index in [4.69, 9.17) is 14.2 Å². The van der Waals surface area contributed by atoms with Crippen LogP contribution in [0.2, 0.25) is 0 Å². The number of para-hydroxylation sites is 1. The summed E-state index contributed by atoms with van der Waals surface area (Å²) in [4.78, 5) is 0. The standard InChI is InChI=1S/C15H25NO3/c1-17-12-10-16-9-5-6-11-18-13-14-19-15-7-3-2-4-8-15/h2-4,7-8,16H,5-6,9-14H2,1H3. The molecule has 1 rings (SSSR count). The molecule has 1 aromatic rings. The Balaban J connectivity index is 1.79. The Hall–Kier alpha value is -1.10. The number of benzene rings is 1. The summed E-state index contributed by atoms with van der Waals surface area (Å²) in [5.74, 6) is 0.897. The second kappa shape index (κ2) is 12.0. The molecule has 0 radical (unpaired) electrons. The molecule has 4 heteroatoms. The van der Waals surface area contributed by atoms with E-state index in [1.807, 2.05) is 30.3 Å². The second-order valence-corrected chi connectivity index (χ2v) is 4.22. The van der Waals surface area contributed by atoms with Crippen LogP contribution in [0.15, 0.2) is 30.3 Å². The van der Waals surface area contributed by atoms with Crippen LogP contribution in [-0.4, -0.2) is 46.6 Å². The van der Waals surface area contributed by atoms with Gasteiger partial charge in [0.05, 0.1) is 13.2 Å². The summed E-state index contributed by atoms with van der Waals surface area (Å²) >= 11 is 0. The number of ether oxygens (including phenoxy) is 3. The molecule has 0 atom stereocenters. The van der Waals surface area contributed by atoms with Crippen molar-refractivity contribution in [2.45, 2.75) is 12.8 Å². The summed E-state index contributed by atoms with van der Waals surface area (Å²) in [6, 6.07) is 9.81. The van der Waals surface area contributed by atoms with Crippen molar-refractivity contribution in [2.75, 3.05) is 46.6 Å². The lowest BCUT2D eigenvalue weighted by atomic mass is 10.3. The van der Waals surface area contributed by atoms with E-state index in [9.17, 15) is 0 Å². The highest BCUT2D eigenvalue weighted by molar-refractivity contribution is 5.20. The normalized spacial score (nSPS) is 10.6. The van der Waals surface area contributed by atoms with Gasteiger partial charge in [0, 0.05) is 20.3 Å². The Morgan fingerprint density at radius 3 is 2.53 bits per heavy atom. The van der Waals surface area contributed by atoms with E-state index in [0.29, 0.717) is 13.2 Å². The molecule has 4 nitrogen and oxygen atoms in total.